The van der Waals surface area contributed by atoms with E-state index in [1.165, 1.54) is 0 Å². The molecule has 0 radical (unpaired) electrons. The molecule has 0 unspecified atom stereocenters. The summed E-state index contributed by atoms with van der Waals surface area (Å²) in [7, 11) is 2.10. The van der Waals surface area contributed by atoms with E-state index < -0.39 is 0 Å². The molecule has 0 spiro atoms. The molecule has 96 valence electrons. The normalized spacial score (nSPS) is 23.4. The van der Waals surface area contributed by atoms with Crippen LogP contribution in [0.2, 0.25) is 0 Å². The predicted molar refractivity (Wildman–Crippen MR) is 77.5 cm³/mol. The number of anilines is 1. The average molecular weight is 308 g/mol. The van der Waals surface area contributed by atoms with Gasteiger partial charge < -0.3 is 10.6 Å². The van der Waals surface area contributed by atoms with E-state index >= 15 is 0 Å². The highest BCUT2D eigenvalue weighted by Gasteiger charge is 2.22. The molecule has 4 heteroatoms. The van der Waals surface area contributed by atoms with Gasteiger partial charge in [0.05, 0.1) is 11.6 Å². The lowest BCUT2D eigenvalue weighted by atomic mass is 9.90. The molecule has 0 aromatic heterocycles. The van der Waals surface area contributed by atoms with Crippen molar-refractivity contribution in [3.8, 4) is 6.07 Å². The van der Waals surface area contributed by atoms with Crippen LogP contribution in [0.25, 0.3) is 0 Å². The summed E-state index contributed by atoms with van der Waals surface area (Å²) in [6.45, 7) is 0. The van der Waals surface area contributed by atoms with Gasteiger partial charge in [0.25, 0.3) is 0 Å². The maximum Gasteiger partial charge on any atom is 0.0992 e. The second kappa shape index (κ2) is 5.73. The van der Waals surface area contributed by atoms with Gasteiger partial charge in [-0.05, 0) is 43.9 Å². The first kappa shape index (κ1) is 13.4. The van der Waals surface area contributed by atoms with E-state index in [0.29, 0.717) is 17.6 Å². The van der Waals surface area contributed by atoms with Crippen LogP contribution in [-0.4, -0.2) is 19.1 Å². The lowest BCUT2D eigenvalue weighted by Gasteiger charge is -2.35. The minimum atomic E-state index is 0.367. The van der Waals surface area contributed by atoms with E-state index in [-0.39, 0.29) is 0 Å². The monoisotopic (exact) mass is 307 g/mol. The van der Waals surface area contributed by atoms with Gasteiger partial charge >= 0.3 is 0 Å². The van der Waals surface area contributed by atoms with Crippen molar-refractivity contribution in [2.75, 3.05) is 11.9 Å². The van der Waals surface area contributed by atoms with Crippen molar-refractivity contribution in [1.82, 2.24) is 0 Å². The van der Waals surface area contributed by atoms with Gasteiger partial charge in [0, 0.05) is 29.3 Å². The third-order valence-corrected chi connectivity index (χ3v) is 4.17. The van der Waals surface area contributed by atoms with Crippen LogP contribution in [0.3, 0.4) is 0 Å². The molecular weight excluding hydrogens is 290 g/mol. The quantitative estimate of drug-likeness (QED) is 0.913. The van der Waals surface area contributed by atoms with Crippen molar-refractivity contribution < 1.29 is 0 Å². The fourth-order valence-corrected chi connectivity index (χ4v) is 3.02. The SMILES string of the molecule is CN(c1cc(Br)cc(C#N)c1)C1CCC(N)CC1. The van der Waals surface area contributed by atoms with E-state index in [1.807, 2.05) is 12.1 Å². The van der Waals surface area contributed by atoms with E-state index in [1.54, 1.807) is 0 Å². The molecule has 1 aliphatic carbocycles. The van der Waals surface area contributed by atoms with Crippen molar-refractivity contribution in [2.24, 2.45) is 5.73 Å². The first-order chi connectivity index (χ1) is 8.60. The van der Waals surface area contributed by atoms with Crippen LogP contribution < -0.4 is 10.6 Å². The van der Waals surface area contributed by atoms with Crippen molar-refractivity contribution in [1.29, 1.82) is 5.26 Å². The topological polar surface area (TPSA) is 53.0 Å². The zero-order valence-electron chi connectivity index (χ0n) is 10.6. The molecule has 1 fully saturated rings. The average Bonchev–Trinajstić information content (AvgIpc) is 2.38. The summed E-state index contributed by atoms with van der Waals surface area (Å²) < 4.78 is 0.955. The summed E-state index contributed by atoms with van der Waals surface area (Å²) in [5.41, 5.74) is 7.73. The highest BCUT2D eigenvalue weighted by atomic mass is 79.9. The number of nitrogens with two attached hydrogens (primary N) is 1. The first-order valence-corrected chi connectivity index (χ1v) is 7.08. The minimum absolute atomic E-state index is 0.367. The molecule has 2 rings (SSSR count). The molecule has 1 aliphatic rings. The molecule has 1 saturated carbocycles. The molecule has 0 atom stereocenters. The lowest BCUT2D eigenvalue weighted by molar-refractivity contribution is 0.385. The van der Waals surface area contributed by atoms with Gasteiger partial charge in [-0.2, -0.15) is 5.26 Å². The minimum Gasteiger partial charge on any atom is -0.372 e. The van der Waals surface area contributed by atoms with E-state index in [9.17, 15) is 0 Å². The highest BCUT2D eigenvalue weighted by Crippen LogP contribution is 2.28. The van der Waals surface area contributed by atoms with E-state index in [0.717, 1.165) is 35.8 Å². The summed E-state index contributed by atoms with van der Waals surface area (Å²) in [4.78, 5) is 2.28. The molecule has 0 bridgehead atoms. The van der Waals surface area contributed by atoms with Crippen molar-refractivity contribution in [3.63, 3.8) is 0 Å². The van der Waals surface area contributed by atoms with Crippen LogP contribution in [0, 0.1) is 11.3 Å². The maximum absolute atomic E-state index is 9.01. The number of benzene rings is 1. The molecule has 0 heterocycles. The van der Waals surface area contributed by atoms with Gasteiger partial charge in [-0.15, -0.1) is 0 Å². The summed E-state index contributed by atoms with van der Waals surface area (Å²) in [6, 6.07) is 8.95. The molecule has 0 saturated heterocycles. The summed E-state index contributed by atoms with van der Waals surface area (Å²) in [5.74, 6) is 0. The van der Waals surface area contributed by atoms with Gasteiger partial charge in [-0.25, -0.2) is 0 Å². The Morgan fingerprint density at radius 1 is 1.28 bits per heavy atom. The fraction of sp³-hybridized carbons (Fsp3) is 0.500. The van der Waals surface area contributed by atoms with Gasteiger partial charge in [0.15, 0.2) is 0 Å². The third-order valence-electron chi connectivity index (χ3n) is 3.71. The second-order valence-electron chi connectivity index (χ2n) is 4.99. The number of hydrogen-bond acceptors (Lipinski definition) is 3. The van der Waals surface area contributed by atoms with Crippen LogP contribution in [0.4, 0.5) is 5.69 Å². The Kier molecular flexibility index (Phi) is 4.26. The maximum atomic E-state index is 9.01. The Balaban J connectivity index is 2.16. The van der Waals surface area contributed by atoms with E-state index in [4.69, 9.17) is 11.0 Å². The number of rotatable bonds is 2. The summed E-state index contributed by atoms with van der Waals surface area (Å²) in [5, 5.41) is 9.01. The van der Waals surface area contributed by atoms with Gasteiger partial charge in [-0.1, -0.05) is 15.9 Å². The molecule has 3 nitrogen and oxygen atoms in total. The first-order valence-electron chi connectivity index (χ1n) is 6.29. The number of hydrogen-bond donors (Lipinski definition) is 1. The number of nitrogens with zero attached hydrogens (tertiary/aromatic N) is 2. The zero-order valence-corrected chi connectivity index (χ0v) is 12.2. The smallest absolute Gasteiger partial charge is 0.0992 e. The Bertz CT molecular complexity index is 459. The summed E-state index contributed by atoms with van der Waals surface area (Å²) in [6.07, 6.45) is 4.44. The largest absolute Gasteiger partial charge is 0.372 e. The third kappa shape index (κ3) is 3.04. The Labute approximate surface area is 117 Å². The number of halogens is 1. The van der Waals surface area contributed by atoms with Crippen molar-refractivity contribution >= 4 is 21.6 Å². The Hall–Kier alpha value is -1.05. The fourth-order valence-electron chi connectivity index (χ4n) is 2.54. The zero-order chi connectivity index (χ0) is 13.1. The standard InChI is InChI=1S/C14H18BrN3/c1-18(13-4-2-12(17)3-5-13)14-7-10(9-16)6-11(15)8-14/h6-8,12-13H,2-5,17H2,1H3. The van der Waals surface area contributed by atoms with Crippen LogP contribution >= 0.6 is 15.9 Å². The van der Waals surface area contributed by atoms with Gasteiger partial charge in [-0.3, -0.25) is 0 Å². The van der Waals surface area contributed by atoms with Crippen LogP contribution in [0.15, 0.2) is 22.7 Å². The predicted octanol–water partition coefficient (Wildman–Crippen LogP) is 3.03. The van der Waals surface area contributed by atoms with Crippen LogP contribution in [0.1, 0.15) is 31.2 Å². The summed E-state index contributed by atoms with van der Waals surface area (Å²) >= 11 is 3.46. The Morgan fingerprint density at radius 3 is 2.56 bits per heavy atom. The van der Waals surface area contributed by atoms with Gasteiger partial charge in [0.1, 0.15) is 0 Å². The molecule has 1 aromatic carbocycles. The molecule has 1 aromatic rings. The molecule has 18 heavy (non-hydrogen) atoms. The molecular formula is C14H18BrN3. The lowest BCUT2D eigenvalue weighted by Crippen LogP contribution is -2.38. The van der Waals surface area contributed by atoms with Crippen LogP contribution in [-0.2, 0) is 0 Å². The molecule has 0 aliphatic heterocycles. The Morgan fingerprint density at radius 2 is 1.94 bits per heavy atom. The molecule has 2 N–H and O–H groups in total. The highest BCUT2D eigenvalue weighted by molar-refractivity contribution is 9.10. The second-order valence-corrected chi connectivity index (χ2v) is 5.91. The van der Waals surface area contributed by atoms with Crippen LogP contribution in [0.5, 0.6) is 0 Å². The molecule has 0 amide bonds. The van der Waals surface area contributed by atoms with E-state index in [2.05, 4.69) is 40.0 Å². The van der Waals surface area contributed by atoms with Crippen molar-refractivity contribution in [3.05, 3.63) is 28.2 Å². The van der Waals surface area contributed by atoms with Gasteiger partial charge in [0.2, 0.25) is 0 Å². The number of nitriles is 1. The van der Waals surface area contributed by atoms with Crippen molar-refractivity contribution in [2.45, 2.75) is 37.8 Å².